The average molecular weight is 631 g/mol. The van der Waals surface area contributed by atoms with E-state index >= 15 is 0 Å². The number of nitrogens with one attached hydrogen (secondary N) is 1. The molecule has 0 saturated carbocycles. The van der Waals surface area contributed by atoms with Gasteiger partial charge in [-0.1, -0.05) is 30.3 Å². The van der Waals surface area contributed by atoms with Gasteiger partial charge in [0, 0.05) is 29.8 Å². The van der Waals surface area contributed by atoms with Crippen molar-refractivity contribution in [2.24, 2.45) is 0 Å². The van der Waals surface area contributed by atoms with Crippen LogP contribution in [0.2, 0.25) is 0 Å². The summed E-state index contributed by atoms with van der Waals surface area (Å²) in [6.07, 6.45) is 0.449. The van der Waals surface area contributed by atoms with Crippen molar-refractivity contribution in [1.29, 1.82) is 0 Å². The molecule has 2 amide bonds. The topological polar surface area (TPSA) is 144 Å². The van der Waals surface area contributed by atoms with E-state index in [0.717, 1.165) is 11.1 Å². The van der Waals surface area contributed by atoms with E-state index in [1.165, 1.54) is 13.2 Å². The predicted molar refractivity (Wildman–Crippen MR) is 169 cm³/mol. The minimum absolute atomic E-state index is 0.00151. The molecule has 4 atom stereocenters. The van der Waals surface area contributed by atoms with Gasteiger partial charge in [-0.25, -0.2) is 0 Å². The minimum Gasteiger partial charge on any atom is -0.497 e. The summed E-state index contributed by atoms with van der Waals surface area (Å²) in [5, 5.41) is 24.1. The maximum atomic E-state index is 14.1. The van der Waals surface area contributed by atoms with Gasteiger partial charge in [-0.2, -0.15) is 0 Å². The van der Waals surface area contributed by atoms with Gasteiger partial charge in [0.2, 0.25) is 11.8 Å². The quantitative estimate of drug-likeness (QED) is 0.243. The minimum atomic E-state index is -1.26. The molecule has 1 aliphatic carbocycles. The number of ether oxygens (including phenoxy) is 4. The zero-order chi connectivity index (χ0) is 32.8. The summed E-state index contributed by atoms with van der Waals surface area (Å²) in [7, 11) is 4.57. The van der Waals surface area contributed by atoms with Gasteiger partial charge >= 0.3 is 0 Å². The van der Waals surface area contributed by atoms with E-state index in [1.807, 2.05) is 36.4 Å². The molecule has 1 heterocycles. The fourth-order valence-corrected chi connectivity index (χ4v) is 6.19. The number of hydrogen-bond acceptors (Lipinski definition) is 9. The van der Waals surface area contributed by atoms with Crippen LogP contribution in [0.1, 0.15) is 33.0 Å². The summed E-state index contributed by atoms with van der Waals surface area (Å²) < 4.78 is 22.8. The smallest absolute Gasteiger partial charge is 0.247 e. The molecule has 0 bridgehead atoms. The second kappa shape index (κ2) is 14.5. The van der Waals surface area contributed by atoms with E-state index in [4.69, 9.17) is 18.9 Å². The number of hydrogen-bond donors (Lipinski definition) is 3. The third-order valence-corrected chi connectivity index (χ3v) is 8.40. The van der Waals surface area contributed by atoms with Crippen LogP contribution >= 0.6 is 0 Å². The van der Waals surface area contributed by atoms with Crippen LogP contribution in [-0.2, 0) is 22.4 Å². The highest BCUT2D eigenvalue weighted by atomic mass is 16.5. The highest BCUT2D eigenvalue weighted by molar-refractivity contribution is 5.96. The monoisotopic (exact) mass is 630 g/mol. The summed E-state index contributed by atoms with van der Waals surface area (Å²) in [6, 6.07) is 16.9. The number of fused-ring (bicyclic) bond motifs is 3. The number of amides is 2. The maximum absolute atomic E-state index is 14.1. The lowest BCUT2D eigenvalue weighted by Gasteiger charge is -2.41. The van der Waals surface area contributed by atoms with Gasteiger partial charge < -0.3 is 39.4 Å². The lowest BCUT2D eigenvalue weighted by Crippen LogP contribution is -2.56. The first-order valence-electron chi connectivity index (χ1n) is 15.0. The van der Waals surface area contributed by atoms with Gasteiger partial charge in [0.1, 0.15) is 30.0 Å². The molecule has 11 heteroatoms. The first kappa shape index (κ1) is 32.5. The van der Waals surface area contributed by atoms with Crippen molar-refractivity contribution in [1.82, 2.24) is 10.2 Å². The number of benzene rings is 3. The first-order valence-corrected chi connectivity index (χ1v) is 15.0. The highest BCUT2D eigenvalue weighted by Crippen LogP contribution is 2.51. The van der Waals surface area contributed by atoms with E-state index < -0.39 is 30.1 Å². The van der Waals surface area contributed by atoms with Crippen LogP contribution in [0, 0.1) is 0 Å². The lowest BCUT2D eigenvalue weighted by atomic mass is 9.77. The fraction of sp³-hybridized carbons (Fsp3) is 0.343. The largest absolute Gasteiger partial charge is 0.497 e. The average Bonchev–Trinajstić information content (AvgIpc) is 3.48. The Morgan fingerprint density at radius 3 is 2.43 bits per heavy atom. The Morgan fingerprint density at radius 1 is 1.00 bits per heavy atom. The molecule has 0 saturated heterocycles. The second-order valence-corrected chi connectivity index (χ2v) is 11.1. The second-order valence-electron chi connectivity index (χ2n) is 11.1. The predicted octanol–water partition coefficient (Wildman–Crippen LogP) is 2.46. The Balaban J connectivity index is 1.58. The van der Waals surface area contributed by atoms with Gasteiger partial charge in [0.05, 0.1) is 46.3 Å². The molecule has 3 aromatic rings. The number of methoxy groups -OCH3 is 3. The number of aldehydes is 1. The number of aliphatic hydroxyl groups is 2. The number of aliphatic hydroxyl groups excluding tert-OH is 2. The standard InChI is InChI=1S/C35H38N2O9/c1-43-24-9-10-28(44-2)23(18-24)11-13-37(30(40)17-21-7-5-4-6-8-21)27-19-26(35(42)36-12-14-38)31-25-15-22(20-39)16-29(45-3)33(25)46-34(31)32(27)41/h4-10,15-16,18-20,27,31-32,34,38,41H,11-14,17H2,1-3H3,(H,36,42). The molecule has 2 aliphatic rings. The van der Waals surface area contributed by atoms with Crippen molar-refractivity contribution in [3.05, 3.63) is 94.6 Å². The van der Waals surface area contributed by atoms with Crippen LogP contribution in [0.5, 0.6) is 23.0 Å². The molecule has 4 unspecified atom stereocenters. The molecular formula is C35H38N2O9. The molecular weight excluding hydrogens is 592 g/mol. The first-order chi connectivity index (χ1) is 22.3. The fourth-order valence-electron chi connectivity index (χ4n) is 6.19. The van der Waals surface area contributed by atoms with Crippen molar-refractivity contribution in [2.45, 2.75) is 37.0 Å². The Bertz CT molecular complexity index is 1610. The van der Waals surface area contributed by atoms with Gasteiger partial charge in [0.25, 0.3) is 0 Å². The molecule has 5 rings (SSSR count). The molecule has 242 valence electrons. The number of carbonyl (C=O) groups excluding carboxylic acids is 3. The van der Waals surface area contributed by atoms with E-state index in [0.29, 0.717) is 41.1 Å². The van der Waals surface area contributed by atoms with Crippen LogP contribution in [-0.4, -0.2) is 92.5 Å². The summed E-state index contributed by atoms with van der Waals surface area (Å²) in [5.74, 6) is 0.325. The summed E-state index contributed by atoms with van der Waals surface area (Å²) in [6.45, 7) is -0.111. The van der Waals surface area contributed by atoms with E-state index in [2.05, 4.69) is 5.32 Å². The summed E-state index contributed by atoms with van der Waals surface area (Å²) in [4.78, 5) is 41.1. The zero-order valence-corrected chi connectivity index (χ0v) is 26.0. The molecule has 0 fully saturated rings. The summed E-state index contributed by atoms with van der Waals surface area (Å²) >= 11 is 0. The van der Waals surface area contributed by atoms with Crippen LogP contribution in [0.15, 0.2) is 72.3 Å². The Hall–Kier alpha value is -4.87. The molecule has 0 spiro atoms. The van der Waals surface area contributed by atoms with Crippen LogP contribution in [0.25, 0.3) is 0 Å². The van der Waals surface area contributed by atoms with E-state index in [1.54, 1.807) is 43.4 Å². The van der Waals surface area contributed by atoms with Crippen molar-refractivity contribution >= 4 is 18.1 Å². The molecule has 46 heavy (non-hydrogen) atoms. The van der Waals surface area contributed by atoms with E-state index in [-0.39, 0.29) is 43.3 Å². The Kier molecular flexibility index (Phi) is 10.2. The third kappa shape index (κ3) is 6.56. The Morgan fingerprint density at radius 2 is 1.76 bits per heavy atom. The number of carbonyl (C=O) groups is 3. The van der Waals surface area contributed by atoms with Gasteiger partial charge in [-0.15, -0.1) is 0 Å². The van der Waals surface area contributed by atoms with Crippen LogP contribution in [0.3, 0.4) is 0 Å². The van der Waals surface area contributed by atoms with Crippen molar-refractivity contribution < 1.29 is 43.5 Å². The summed E-state index contributed by atoms with van der Waals surface area (Å²) in [5.41, 5.74) is 2.66. The van der Waals surface area contributed by atoms with Gasteiger partial charge in [-0.3, -0.25) is 14.4 Å². The zero-order valence-electron chi connectivity index (χ0n) is 26.0. The van der Waals surface area contributed by atoms with Gasteiger partial charge in [0.15, 0.2) is 11.5 Å². The van der Waals surface area contributed by atoms with E-state index in [9.17, 15) is 24.6 Å². The molecule has 0 radical (unpaired) electrons. The molecule has 3 N–H and O–H groups in total. The SMILES string of the molecule is COc1ccc(OC)c(CCN(C(=O)Cc2ccccc2)C2C=C(C(=O)NCCO)C3c4cc(C=O)cc(OC)c4OC3C2O)c1. The number of nitrogens with zero attached hydrogens (tertiary/aromatic N) is 1. The van der Waals surface area contributed by atoms with Crippen molar-refractivity contribution in [3.63, 3.8) is 0 Å². The van der Waals surface area contributed by atoms with Crippen LogP contribution < -0.4 is 24.3 Å². The van der Waals surface area contributed by atoms with Crippen LogP contribution in [0.4, 0.5) is 0 Å². The molecule has 0 aromatic heterocycles. The Labute approximate surface area is 267 Å². The molecule has 3 aromatic carbocycles. The lowest BCUT2D eigenvalue weighted by molar-refractivity contribution is -0.136. The third-order valence-electron chi connectivity index (χ3n) is 8.40. The normalized spacial score (nSPS) is 19.5. The highest BCUT2D eigenvalue weighted by Gasteiger charge is 2.51. The maximum Gasteiger partial charge on any atom is 0.247 e. The van der Waals surface area contributed by atoms with Crippen molar-refractivity contribution in [3.8, 4) is 23.0 Å². The van der Waals surface area contributed by atoms with Gasteiger partial charge in [-0.05, 0) is 54.0 Å². The van der Waals surface area contributed by atoms with Crippen molar-refractivity contribution in [2.75, 3.05) is 41.0 Å². The number of rotatable bonds is 13. The molecule has 11 nitrogen and oxygen atoms in total. The molecule has 1 aliphatic heterocycles.